The molecule has 6 nitrogen and oxygen atoms in total. The molecule has 1 amide bonds. The summed E-state index contributed by atoms with van der Waals surface area (Å²) in [5.74, 6) is -1.04. The van der Waals surface area contributed by atoms with Gasteiger partial charge in [0.25, 0.3) is 0 Å². The van der Waals surface area contributed by atoms with Gasteiger partial charge in [0.05, 0.1) is 23.6 Å². The smallest absolute Gasteiger partial charge is 0.321 e. The van der Waals surface area contributed by atoms with Crippen LogP contribution in [0.4, 0.5) is 23.2 Å². The maximum atomic E-state index is 14.1. The van der Waals surface area contributed by atoms with Crippen LogP contribution >= 0.6 is 11.6 Å². The molecule has 0 fully saturated rings. The highest BCUT2D eigenvalue weighted by atomic mass is 35.5. The van der Waals surface area contributed by atoms with Gasteiger partial charge in [0.1, 0.15) is 11.9 Å². The molecule has 2 aromatic heterocycles. The fourth-order valence-electron chi connectivity index (χ4n) is 3.22. The molecule has 0 aliphatic heterocycles. The molecule has 1 atom stereocenters. The van der Waals surface area contributed by atoms with E-state index in [9.17, 15) is 22.4 Å². The first-order valence-electron chi connectivity index (χ1n) is 9.31. The average Bonchev–Trinajstić information content (AvgIpc) is 3.19. The Hall–Kier alpha value is -2.88. The number of carbonyl (C=O) groups excluding carboxylic acids is 1. The Bertz CT molecular complexity index is 1120. The number of anilines is 1. The molecule has 0 spiro atoms. The quantitative estimate of drug-likeness (QED) is 0.544. The van der Waals surface area contributed by atoms with Crippen molar-refractivity contribution in [1.29, 1.82) is 0 Å². The maximum absolute atomic E-state index is 14.1. The van der Waals surface area contributed by atoms with Crippen molar-refractivity contribution in [3.8, 4) is 0 Å². The van der Waals surface area contributed by atoms with Crippen molar-refractivity contribution >= 4 is 23.2 Å². The van der Waals surface area contributed by atoms with Crippen LogP contribution in [0.2, 0.25) is 5.02 Å². The van der Waals surface area contributed by atoms with Crippen molar-refractivity contribution in [1.82, 2.24) is 19.6 Å². The van der Waals surface area contributed by atoms with Crippen molar-refractivity contribution in [2.24, 2.45) is 0 Å². The van der Waals surface area contributed by atoms with Crippen molar-refractivity contribution in [2.75, 3.05) is 5.32 Å². The van der Waals surface area contributed by atoms with E-state index in [-0.39, 0.29) is 22.8 Å². The molecule has 1 unspecified atom stereocenters. The molecule has 0 bridgehead atoms. The predicted octanol–water partition coefficient (Wildman–Crippen LogP) is 5.06. The Morgan fingerprint density at radius 1 is 1.23 bits per heavy atom. The number of rotatable bonds is 5. The number of carbonyl (C=O) groups is 1. The van der Waals surface area contributed by atoms with Gasteiger partial charge in [0.2, 0.25) is 5.91 Å². The summed E-state index contributed by atoms with van der Waals surface area (Å²) in [6.45, 7) is 6.29. The van der Waals surface area contributed by atoms with Crippen LogP contribution in [0.1, 0.15) is 41.3 Å². The minimum absolute atomic E-state index is 0.0524. The number of halogens is 5. The van der Waals surface area contributed by atoms with Crippen LogP contribution in [0.3, 0.4) is 0 Å². The van der Waals surface area contributed by atoms with Gasteiger partial charge in [-0.05, 0) is 45.9 Å². The monoisotopic (exact) mass is 457 g/mol. The number of nitrogens with zero attached hydrogens (tertiary/aromatic N) is 4. The van der Waals surface area contributed by atoms with Crippen LogP contribution in [0, 0.1) is 26.6 Å². The zero-order chi connectivity index (χ0) is 23.1. The number of nitrogens with one attached hydrogen (secondary N) is 1. The molecule has 3 aromatic rings. The summed E-state index contributed by atoms with van der Waals surface area (Å²) in [4.78, 5) is 12.7. The van der Waals surface area contributed by atoms with Gasteiger partial charge in [0, 0.05) is 16.3 Å². The Balaban J connectivity index is 1.83. The third-order valence-corrected chi connectivity index (χ3v) is 5.31. The zero-order valence-corrected chi connectivity index (χ0v) is 17.9. The number of aryl methyl sites for hydroxylation is 2. The summed E-state index contributed by atoms with van der Waals surface area (Å²) in [7, 11) is 0. The summed E-state index contributed by atoms with van der Waals surface area (Å²) >= 11 is 6.08. The number of alkyl halides is 3. The summed E-state index contributed by atoms with van der Waals surface area (Å²) < 4.78 is 55.4. The molecule has 0 saturated carbocycles. The van der Waals surface area contributed by atoms with Crippen molar-refractivity contribution in [3.63, 3.8) is 0 Å². The van der Waals surface area contributed by atoms with Gasteiger partial charge in [-0.3, -0.25) is 14.2 Å². The van der Waals surface area contributed by atoms with Crippen LogP contribution < -0.4 is 5.32 Å². The first-order chi connectivity index (χ1) is 14.4. The lowest BCUT2D eigenvalue weighted by molar-refractivity contribution is -0.141. The Morgan fingerprint density at radius 3 is 2.48 bits per heavy atom. The van der Waals surface area contributed by atoms with Crippen LogP contribution in [0.25, 0.3) is 0 Å². The number of aromatic nitrogens is 4. The molecule has 31 heavy (non-hydrogen) atoms. The average molecular weight is 458 g/mol. The largest absolute Gasteiger partial charge is 0.435 e. The molecule has 3 rings (SSSR count). The standard InChI is InChI=1S/C20H20ClF4N5O/c1-10-8-17(20(23,24)25)28-30(10)13(4)19(31)26-18-11(2)27-29(12(18)3)9-14-15(21)6-5-7-16(14)22/h5-8,13H,9H2,1-4H3,(H,26,31). The number of hydrogen-bond acceptors (Lipinski definition) is 3. The predicted molar refractivity (Wildman–Crippen MR) is 108 cm³/mol. The molecule has 0 radical (unpaired) electrons. The van der Waals surface area contributed by atoms with Crippen molar-refractivity contribution in [2.45, 2.75) is 46.5 Å². The molecule has 11 heteroatoms. The van der Waals surface area contributed by atoms with E-state index >= 15 is 0 Å². The van der Waals surface area contributed by atoms with Crippen LogP contribution in [-0.2, 0) is 17.5 Å². The van der Waals surface area contributed by atoms with E-state index in [1.54, 1.807) is 19.9 Å². The lowest BCUT2D eigenvalue weighted by Gasteiger charge is -2.15. The van der Waals surface area contributed by atoms with E-state index in [2.05, 4.69) is 15.5 Å². The van der Waals surface area contributed by atoms with Crippen LogP contribution in [-0.4, -0.2) is 25.5 Å². The number of hydrogen-bond donors (Lipinski definition) is 1. The first-order valence-corrected chi connectivity index (χ1v) is 9.69. The Labute approximate surface area is 180 Å². The molecule has 2 heterocycles. The summed E-state index contributed by atoms with van der Waals surface area (Å²) in [6, 6.07) is 4.24. The van der Waals surface area contributed by atoms with E-state index in [0.29, 0.717) is 17.1 Å². The van der Waals surface area contributed by atoms with Gasteiger partial charge in [-0.2, -0.15) is 23.4 Å². The maximum Gasteiger partial charge on any atom is 0.435 e. The normalized spacial score (nSPS) is 12.8. The van der Waals surface area contributed by atoms with Gasteiger partial charge < -0.3 is 5.32 Å². The van der Waals surface area contributed by atoms with Crippen molar-refractivity contribution < 1.29 is 22.4 Å². The van der Waals surface area contributed by atoms with Gasteiger partial charge >= 0.3 is 6.18 Å². The minimum atomic E-state index is -4.60. The topological polar surface area (TPSA) is 64.7 Å². The van der Waals surface area contributed by atoms with Gasteiger partial charge in [-0.1, -0.05) is 17.7 Å². The van der Waals surface area contributed by atoms with E-state index in [1.807, 2.05) is 0 Å². The minimum Gasteiger partial charge on any atom is -0.321 e. The molecule has 0 saturated heterocycles. The van der Waals surface area contributed by atoms with E-state index in [1.165, 1.54) is 30.7 Å². The highest BCUT2D eigenvalue weighted by Gasteiger charge is 2.35. The summed E-state index contributed by atoms with van der Waals surface area (Å²) in [5.41, 5.74) is 0.808. The fraction of sp³-hybridized carbons (Fsp3) is 0.350. The zero-order valence-electron chi connectivity index (χ0n) is 17.2. The van der Waals surface area contributed by atoms with Crippen molar-refractivity contribution in [3.05, 3.63) is 63.4 Å². The molecule has 1 aromatic carbocycles. The molecular formula is C20H20ClF4N5O. The number of amides is 1. The third-order valence-electron chi connectivity index (χ3n) is 4.96. The SMILES string of the molecule is Cc1nn(Cc2c(F)cccc2Cl)c(C)c1NC(=O)C(C)n1nc(C(F)(F)F)cc1C. The van der Waals surface area contributed by atoms with Gasteiger partial charge in [-0.15, -0.1) is 0 Å². The second kappa shape index (κ2) is 8.33. The second-order valence-electron chi connectivity index (χ2n) is 7.18. The van der Waals surface area contributed by atoms with Crippen LogP contribution in [0.5, 0.6) is 0 Å². The summed E-state index contributed by atoms with van der Waals surface area (Å²) in [5, 5.41) is 10.8. The fourth-order valence-corrected chi connectivity index (χ4v) is 3.44. The molecular weight excluding hydrogens is 438 g/mol. The highest BCUT2D eigenvalue weighted by Crippen LogP contribution is 2.30. The number of benzene rings is 1. The van der Waals surface area contributed by atoms with Crippen LogP contribution in [0.15, 0.2) is 24.3 Å². The lowest BCUT2D eigenvalue weighted by atomic mass is 10.2. The Kier molecular flexibility index (Phi) is 6.13. The molecule has 0 aliphatic carbocycles. The van der Waals surface area contributed by atoms with E-state index in [4.69, 9.17) is 11.6 Å². The molecule has 166 valence electrons. The Morgan fingerprint density at radius 2 is 1.90 bits per heavy atom. The van der Waals surface area contributed by atoms with E-state index in [0.717, 1.165) is 10.7 Å². The molecule has 1 N–H and O–H groups in total. The highest BCUT2D eigenvalue weighted by molar-refractivity contribution is 6.31. The first kappa shape index (κ1) is 22.8. The van der Waals surface area contributed by atoms with E-state index < -0.39 is 29.6 Å². The second-order valence-corrected chi connectivity index (χ2v) is 7.59. The lowest BCUT2D eigenvalue weighted by Crippen LogP contribution is -2.26. The third kappa shape index (κ3) is 4.58. The van der Waals surface area contributed by atoms with Gasteiger partial charge in [0.15, 0.2) is 5.69 Å². The van der Waals surface area contributed by atoms with Gasteiger partial charge in [-0.25, -0.2) is 4.39 Å². The molecule has 0 aliphatic rings. The summed E-state index contributed by atoms with van der Waals surface area (Å²) in [6.07, 6.45) is -4.60.